The van der Waals surface area contributed by atoms with Gasteiger partial charge in [-0.15, -0.1) is 0 Å². The fraction of sp³-hybridized carbons (Fsp3) is 0.471. The van der Waals surface area contributed by atoms with Crippen LogP contribution in [0.2, 0.25) is 0 Å². The first-order valence-corrected chi connectivity index (χ1v) is 7.28. The van der Waals surface area contributed by atoms with E-state index < -0.39 is 0 Å². The van der Waals surface area contributed by atoms with Gasteiger partial charge < -0.3 is 4.98 Å². The quantitative estimate of drug-likeness (QED) is 0.860. The average Bonchev–Trinajstić information content (AvgIpc) is 2.95. The molecular weight excluding hydrogens is 232 g/mol. The topological polar surface area (TPSA) is 28.7 Å². The molecule has 0 spiro atoms. The van der Waals surface area contributed by atoms with Crippen molar-refractivity contribution in [3.8, 4) is 0 Å². The van der Waals surface area contributed by atoms with Gasteiger partial charge in [0.2, 0.25) is 0 Å². The first-order chi connectivity index (χ1) is 9.22. The van der Waals surface area contributed by atoms with Crippen molar-refractivity contribution in [3.63, 3.8) is 0 Å². The summed E-state index contributed by atoms with van der Waals surface area (Å²) >= 11 is 0. The van der Waals surface area contributed by atoms with Crippen LogP contribution in [0.25, 0.3) is 0 Å². The minimum Gasteiger partial charge on any atom is -0.349 e. The van der Waals surface area contributed by atoms with Crippen molar-refractivity contribution in [3.05, 3.63) is 53.1 Å². The Labute approximate surface area is 117 Å². The van der Waals surface area contributed by atoms with Gasteiger partial charge in [0.25, 0.3) is 0 Å². The van der Waals surface area contributed by atoms with E-state index in [0.717, 1.165) is 18.7 Å². The number of benzene rings is 1. The summed E-state index contributed by atoms with van der Waals surface area (Å²) in [4.78, 5) is 6.95. The third-order valence-corrected chi connectivity index (χ3v) is 3.35. The molecular formula is C17H26N2. The third kappa shape index (κ3) is 4.90. The molecule has 2 nitrogen and oxygen atoms in total. The average molecular weight is 258 g/mol. The summed E-state index contributed by atoms with van der Waals surface area (Å²) in [6.45, 7) is 8.76. The molecule has 19 heavy (non-hydrogen) atoms. The van der Waals surface area contributed by atoms with Crippen molar-refractivity contribution in [1.29, 1.82) is 0 Å². The predicted molar refractivity (Wildman–Crippen MR) is 82.5 cm³/mol. The molecule has 0 bridgehead atoms. The number of nitrogens with one attached hydrogen (secondary N) is 1. The number of nitrogens with zero attached hydrogens (tertiary/aromatic N) is 1. The zero-order valence-corrected chi connectivity index (χ0v) is 12.7. The molecule has 1 N–H and O–H groups in total. The highest BCUT2D eigenvalue weighted by atomic mass is 14.9. The second-order valence-electron chi connectivity index (χ2n) is 4.69. The molecule has 0 amide bonds. The van der Waals surface area contributed by atoms with Crippen molar-refractivity contribution >= 4 is 0 Å². The minimum absolute atomic E-state index is 0.993. The fourth-order valence-electron chi connectivity index (χ4n) is 2.15. The first-order valence-electron chi connectivity index (χ1n) is 7.28. The smallest absolute Gasteiger partial charge is 0.105 e. The van der Waals surface area contributed by atoms with Crippen molar-refractivity contribution in [2.45, 2.75) is 53.4 Å². The van der Waals surface area contributed by atoms with E-state index in [1.807, 2.05) is 6.20 Å². The summed E-state index contributed by atoms with van der Waals surface area (Å²) in [6, 6.07) is 6.66. The Morgan fingerprint density at radius 1 is 1.05 bits per heavy atom. The highest BCUT2D eigenvalue weighted by Gasteiger charge is 2.00. The molecule has 1 heterocycles. The fourth-order valence-corrected chi connectivity index (χ4v) is 2.15. The predicted octanol–water partition coefficient (Wildman–Crippen LogP) is 4.48. The Morgan fingerprint density at radius 2 is 1.79 bits per heavy atom. The Bertz CT molecular complexity index is 458. The second-order valence-corrected chi connectivity index (χ2v) is 4.69. The van der Waals surface area contributed by atoms with Gasteiger partial charge in [-0.2, -0.15) is 0 Å². The molecule has 0 radical (unpaired) electrons. The van der Waals surface area contributed by atoms with Crippen LogP contribution in [0.15, 0.2) is 30.6 Å². The molecule has 2 aromatic rings. The van der Waals surface area contributed by atoms with Gasteiger partial charge in [0.05, 0.1) is 0 Å². The number of rotatable bonds is 4. The third-order valence-electron chi connectivity index (χ3n) is 3.35. The standard InChI is InChI=1S/C12H18.C5H8N2/c1-4-7-12-9-6-8-11(5-2)10(12)3;1-2-5-6-3-4-7-5/h6,8-9H,4-5,7H2,1-3H3;3-4H,2H2,1H3,(H,6,7). The van der Waals surface area contributed by atoms with E-state index in [9.17, 15) is 0 Å². The Hall–Kier alpha value is -1.57. The number of aromatic amines is 1. The summed E-state index contributed by atoms with van der Waals surface area (Å²) < 4.78 is 0. The van der Waals surface area contributed by atoms with E-state index in [1.165, 1.54) is 29.5 Å². The molecule has 0 unspecified atom stereocenters. The first kappa shape index (κ1) is 15.5. The zero-order chi connectivity index (χ0) is 14.1. The maximum Gasteiger partial charge on any atom is 0.105 e. The van der Waals surface area contributed by atoms with Crippen molar-refractivity contribution < 1.29 is 0 Å². The van der Waals surface area contributed by atoms with Crippen molar-refractivity contribution in [2.24, 2.45) is 0 Å². The molecule has 0 saturated carbocycles. The zero-order valence-electron chi connectivity index (χ0n) is 12.7. The van der Waals surface area contributed by atoms with E-state index in [-0.39, 0.29) is 0 Å². The molecule has 0 fully saturated rings. The lowest BCUT2D eigenvalue weighted by Crippen LogP contribution is -1.93. The number of H-pyrrole nitrogens is 1. The van der Waals surface area contributed by atoms with E-state index in [2.05, 4.69) is 55.9 Å². The van der Waals surface area contributed by atoms with Gasteiger partial charge in [-0.1, -0.05) is 45.4 Å². The molecule has 2 rings (SSSR count). The Kier molecular flexibility index (Phi) is 6.94. The summed E-state index contributed by atoms with van der Waals surface area (Å²) in [5.41, 5.74) is 4.53. The Balaban J connectivity index is 0.000000218. The van der Waals surface area contributed by atoms with Crippen LogP contribution in [0, 0.1) is 6.92 Å². The van der Waals surface area contributed by atoms with E-state index in [4.69, 9.17) is 0 Å². The number of imidazole rings is 1. The number of hydrogen-bond acceptors (Lipinski definition) is 1. The highest BCUT2D eigenvalue weighted by molar-refractivity contribution is 5.34. The van der Waals surface area contributed by atoms with Crippen LogP contribution in [0.5, 0.6) is 0 Å². The maximum atomic E-state index is 3.98. The normalized spacial score (nSPS) is 9.89. The molecule has 0 aliphatic heterocycles. The SMILES string of the molecule is CCCc1cccc(CC)c1C.CCc1ncc[nH]1. The lowest BCUT2D eigenvalue weighted by Gasteiger charge is -2.08. The summed E-state index contributed by atoms with van der Waals surface area (Å²) in [5, 5.41) is 0. The van der Waals surface area contributed by atoms with Crippen LogP contribution >= 0.6 is 0 Å². The van der Waals surface area contributed by atoms with E-state index in [1.54, 1.807) is 6.20 Å². The van der Waals surface area contributed by atoms with Crippen LogP contribution in [0.3, 0.4) is 0 Å². The summed E-state index contributed by atoms with van der Waals surface area (Å²) in [7, 11) is 0. The van der Waals surface area contributed by atoms with Gasteiger partial charge in [-0.25, -0.2) is 4.98 Å². The van der Waals surface area contributed by atoms with Gasteiger partial charge >= 0.3 is 0 Å². The molecule has 0 aliphatic carbocycles. The van der Waals surface area contributed by atoms with Crippen LogP contribution < -0.4 is 0 Å². The molecule has 104 valence electrons. The molecule has 1 aromatic carbocycles. The Morgan fingerprint density at radius 3 is 2.26 bits per heavy atom. The molecule has 0 atom stereocenters. The molecule has 2 heteroatoms. The molecule has 1 aromatic heterocycles. The van der Waals surface area contributed by atoms with Crippen molar-refractivity contribution in [1.82, 2.24) is 9.97 Å². The summed E-state index contributed by atoms with van der Waals surface area (Å²) in [6.07, 6.45) is 8.21. The van der Waals surface area contributed by atoms with E-state index in [0.29, 0.717) is 0 Å². The van der Waals surface area contributed by atoms with Gasteiger partial charge in [0.1, 0.15) is 5.82 Å². The maximum absolute atomic E-state index is 3.98. The van der Waals surface area contributed by atoms with Crippen LogP contribution in [0.1, 0.15) is 49.7 Å². The van der Waals surface area contributed by atoms with Crippen LogP contribution in [-0.2, 0) is 19.3 Å². The highest BCUT2D eigenvalue weighted by Crippen LogP contribution is 2.15. The second kappa shape index (κ2) is 8.52. The van der Waals surface area contributed by atoms with Crippen molar-refractivity contribution in [2.75, 3.05) is 0 Å². The largest absolute Gasteiger partial charge is 0.349 e. The number of aromatic nitrogens is 2. The van der Waals surface area contributed by atoms with Crippen LogP contribution in [0.4, 0.5) is 0 Å². The number of aryl methyl sites for hydroxylation is 3. The monoisotopic (exact) mass is 258 g/mol. The van der Waals surface area contributed by atoms with Gasteiger partial charge in [0.15, 0.2) is 0 Å². The van der Waals surface area contributed by atoms with Gasteiger partial charge in [-0.05, 0) is 36.5 Å². The van der Waals surface area contributed by atoms with Gasteiger partial charge in [0, 0.05) is 18.8 Å². The van der Waals surface area contributed by atoms with Crippen LogP contribution in [-0.4, -0.2) is 9.97 Å². The molecule has 0 saturated heterocycles. The molecule has 0 aliphatic rings. The minimum atomic E-state index is 0.993. The van der Waals surface area contributed by atoms with E-state index >= 15 is 0 Å². The number of hydrogen-bond donors (Lipinski definition) is 1. The summed E-state index contributed by atoms with van der Waals surface area (Å²) in [5.74, 6) is 1.06. The van der Waals surface area contributed by atoms with Gasteiger partial charge in [-0.3, -0.25) is 0 Å². The lowest BCUT2D eigenvalue weighted by molar-refractivity contribution is 0.905. The lowest BCUT2D eigenvalue weighted by atomic mass is 9.98.